The van der Waals surface area contributed by atoms with Gasteiger partial charge < -0.3 is 19.5 Å². The molecule has 0 spiro atoms. The highest BCUT2D eigenvalue weighted by Gasteiger charge is 2.18. The molecule has 0 saturated carbocycles. The summed E-state index contributed by atoms with van der Waals surface area (Å²) >= 11 is 0. The van der Waals surface area contributed by atoms with Gasteiger partial charge in [0.05, 0.1) is 6.42 Å². The Labute approximate surface area is 129 Å². The Kier molecular flexibility index (Phi) is 4.90. The fraction of sp³-hybridized carbons (Fsp3) is 0.500. The zero-order chi connectivity index (χ0) is 16.2. The Balaban J connectivity index is 1.73. The van der Waals surface area contributed by atoms with Crippen LogP contribution in [0.4, 0.5) is 0 Å². The number of carbonyl (C=O) groups is 2. The van der Waals surface area contributed by atoms with Crippen molar-refractivity contribution in [3.8, 4) is 11.5 Å². The van der Waals surface area contributed by atoms with Crippen molar-refractivity contribution in [2.24, 2.45) is 5.41 Å². The topological polar surface area (TPSA) is 73.9 Å². The lowest BCUT2D eigenvalue weighted by Crippen LogP contribution is -2.29. The lowest BCUT2D eigenvalue weighted by atomic mass is 9.93. The van der Waals surface area contributed by atoms with Crippen molar-refractivity contribution in [3.05, 3.63) is 23.8 Å². The van der Waals surface area contributed by atoms with E-state index in [1.165, 1.54) is 0 Å². The van der Waals surface area contributed by atoms with Gasteiger partial charge in [0.15, 0.2) is 18.1 Å². The highest BCUT2D eigenvalue weighted by molar-refractivity contribution is 5.80. The normalized spacial score (nSPS) is 12.9. The van der Waals surface area contributed by atoms with Crippen molar-refractivity contribution < 1.29 is 23.8 Å². The second-order valence-electron chi connectivity index (χ2n) is 6.36. The molecule has 120 valence electrons. The molecule has 1 heterocycles. The summed E-state index contributed by atoms with van der Waals surface area (Å²) in [7, 11) is 0. The number of amides is 1. The second-order valence-corrected chi connectivity index (χ2v) is 6.36. The molecular weight excluding hydrogens is 286 g/mol. The van der Waals surface area contributed by atoms with E-state index in [1.54, 1.807) is 6.07 Å². The minimum atomic E-state index is -0.370. The number of benzene rings is 1. The molecule has 2 rings (SSSR count). The average Bonchev–Trinajstić information content (AvgIpc) is 2.88. The third-order valence-corrected chi connectivity index (χ3v) is 2.97. The van der Waals surface area contributed by atoms with Crippen LogP contribution in [0.1, 0.15) is 32.8 Å². The summed E-state index contributed by atoms with van der Waals surface area (Å²) in [4.78, 5) is 23.2. The minimum Gasteiger partial charge on any atom is -0.456 e. The van der Waals surface area contributed by atoms with Crippen molar-refractivity contribution in [1.82, 2.24) is 5.32 Å². The van der Waals surface area contributed by atoms with Gasteiger partial charge in [-0.15, -0.1) is 0 Å². The molecule has 0 aliphatic carbocycles. The summed E-state index contributed by atoms with van der Waals surface area (Å²) in [5.41, 5.74) is 0.735. The molecule has 1 aliphatic heterocycles. The van der Waals surface area contributed by atoms with Crippen LogP contribution in [0.15, 0.2) is 18.2 Å². The second kappa shape index (κ2) is 6.68. The van der Waals surface area contributed by atoms with Crippen molar-refractivity contribution in [1.29, 1.82) is 0 Å². The number of esters is 1. The predicted molar refractivity (Wildman–Crippen MR) is 79.4 cm³/mol. The van der Waals surface area contributed by atoms with E-state index in [4.69, 9.17) is 14.2 Å². The van der Waals surface area contributed by atoms with Crippen LogP contribution in [-0.2, 0) is 20.9 Å². The van der Waals surface area contributed by atoms with E-state index in [2.05, 4.69) is 5.32 Å². The van der Waals surface area contributed by atoms with E-state index >= 15 is 0 Å². The molecule has 0 unspecified atom stereocenters. The van der Waals surface area contributed by atoms with E-state index in [0.717, 1.165) is 5.56 Å². The van der Waals surface area contributed by atoms with Gasteiger partial charge in [0, 0.05) is 6.54 Å². The van der Waals surface area contributed by atoms with E-state index < -0.39 is 0 Å². The Morgan fingerprint density at radius 2 is 1.95 bits per heavy atom. The fourth-order valence-corrected chi connectivity index (χ4v) is 1.93. The SMILES string of the molecule is CC(C)(C)CC(=O)OCC(=O)NCc1ccc2c(c1)OCO2. The van der Waals surface area contributed by atoms with Crippen molar-refractivity contribution in [2.75, 3.05) is 13.4 Å². The van der Waals surface area contributed by atoms with Gasteiger partial charge in [-0.25, -0.2) is 0 Å². The Bertz CT molecular complexity index is 562. The van der Waals surface area contributed by atoms with Crippen LogP contribution in [0.25, 0.3) is 0 Å². The predicted octanol–water partition coefficient (Wildman–Crippen LogP) is 2.01. The van der Waals surface area contributed by atoms with Crippen LogP contribution < -0.4 is 14.8 Å². The first kappa shape index (κ1) is 16.1. The molecule has 1 aliphatic rings. The zero-order valence-corrected chi connectivity index (χ0v) is 13.1. The third-order valence-electron chi connectivity index (χ3n) is 2.97. The van der Waals surface area contributed by atoms with Crippen LogP contribution >= 0.6 is 0 Å². The lowest BCUT2D eigenvalue weighted by Gasteiger charge is -2.16. The van der Waals surface area contributed by atoms with Gasteiger partial charge in [-0.2, -0.15) is 0 Å². The number of hydrogen-bond donors (Lipinski definition) is 1. The molecule has 0 atom stereocenters. The summed E-state index contributed by atoms with van der Waals surface area (Å²) in [6, 6.07) is 5.46. The third kappa shape index (κ3) is 4.95. The molecule has 1 N–H and O–H groups in total. The first-order valence-corrected chi connectivity index (χ1v) is 7.14. The molecule has 0 bridgehead atoms. The molecule has 0 saturated heterocycles. The lowest BCUT2D eigenvalue weighted by molar-refractivity contribution is -0.150. The van der Waals surface area contributed by atoms with Gasteiger partial charge in [-0.1, -0.05) is 26.8 Å². The Hall–Kier alpha value is -2.24. The van der Waals surface area contributed by atoms with Gasteiger partial charge in [-0.3, -0.25) is 9.59 Å². The van der Waals surface area contributed by atoms with Gasteiger partial charge >= 0.3 is 5.97 Å². The highest BCUT2D eigenvalue weighted by Crippen LogP contribution is 2.32. The maximum absolute atomic E-state index is 11.7. The number of carbonyl (C=O) groups excluding carboxylic acids is 2. The van der Waals surface area contributed by atoms with E-state index in [1.807, 2.05) is 32.9 Å². The zero-order valence-electron chi connectivity index (χ0n) is 13.1. The average molecular weight is 307 g/mol. The summed E-state index contributed by atoms with van der Waals surface area (Å²) in [6.07, 6.45) is 0.280. The van der Waals surface area contributed by atoms with Crippen molar-refractivity contribution >= 4 is 11.9 Å². The molecule has 6 nitrogen and oxygen atoms in total. The molecule has 0 aromatic heterocycles. The Morgan fingerprint density at radius 1 is 1.23 bits per heavy atom. The molecule has 1 amide bonds. The van der Waals surface area contributed by atoms with Crippen molar-refractivity contribution in [3.63, 3.8) is 0 Å². The van der Waals surface area contributed by atoms with E-state index in [-0.39, 0.29) is 37.1 Å². The van der Waals surface area contributed by atoms with Gasteiger partial charge in [0.1, 0.15) is 0 Å². The standard InChI is InChI=1S/C16H21NO5/c1-16(2,3)7-15(19)20-9-14(18)17-8-11-4-5-12-13(6-11)22-10-21-12/h4-6H,7-10H2,1-3H3,(H,17,18). The number of hydrogen-bond acceptors (Lipinski definition) is 5. The van der Waals surface area contributed by atoms with Crippen LogP contribution in [0.2, 0.25) is 0 Å². The molecule has 1 aromatic rings. The van der Waals surface area contributed by atoms with Gasteiger partial charge in [-0.05, 0) is 23.1 Å². The molecule has 22 heavy (non-hydrogen) atoms. The maximum Gasteiger partial charge on any atom is 0.306 e. The number of fused-ring (bicyclic) bond motifs is 1. The van der Waals surface area contributed by atoms with Crippen LogP contribution in [0.5, 0.6) is 11.5 Å². The Morgan fingerprint density at radius 3 is 2.68 bits per heavy atom. The molecule has 1 aromatic carbocycles. The first-order chi connectivity index (χ1) is 10.3. The monoisotopic (exact) mass is 307 g/mol. The molecular formula is C16H21NO5. The summed E-state index contributed by atoms with van der Waals surface area (Å²) in [5, 5.41) is 2.70. The first-order valence-electron chi connectivity index (χ1n) is 7.14. The summed E-state index contributed by atoms with van der Waals surface area (Å²) in [5.74, 6) is 0.667. The molecule has 0 radical (unpaired) electrons. The van der Waals surface area contributed by atoms with Crippen LogP contribution in [0.3, 0.4) is 0 Å². The number of rotatable bonds is 5. The van der Waals surface area contributed by atoms with Gasteiger partial charge in [0.2, 0.25) is 6.79 Å². The smallest absolute Gasteiger partial charge is 0.306 e. The largest absolute Gasteiger partial charge is 0.456 e. The maximum atomic E-state index is 11.7. The van der Waals surface area contributed by atoms with E-state index in [0.29, 0.717) is 18.0 Å². The van der Waals surface area contributed by atoms with Crippen LogP contribution in [0, 0.1) is 5.41 Å². The van der Waals surface area contributed by atoms with Crippen LogP contribution in [-0.4, -0.2) is 25.3 Å². The van der Waals surface area contributed by atoms with Crippen molar-refractivity contribution in [2.45, 2.75) is 33.7 Å². The quantitative estimate of drug-likeness (QED) is 0.842. The number of ether oxygens (including phenoxy) is 3. The summed E-state index contributed by atoms with van der Waals surface area (Å²) < 4.78 is 15.4. The molecule has 0 fully saturated rings. The summed E-state index contributed by atoms with van der Waals surface area (Å²) in [6.45, 7) is 6.11. The minimum absolute atomic E-state index is 0.153. The van der Waals surface area contributed by atoms with Gasteiger partial charge in [0.25, 0.3) is 5.91 Å². The highest BCUT2D eigenvalue weighted by atomic mass is 16.7. The number of nitrogens with one attached hydrogen (secondary N) is 1. The molecule has 6 heteroatoms. The van der Waals surface area contributed by atoms with E-state index in [9.17, 15) is 9.59 Å². The fourth-order valence-electron chi connectivity index (χ4n) is 1.93.